The van der Waals surface area contributed by atoms with E-state index in [1.165, 1.54) is 12.1 Å². The van der Waals surface area contributed by atoms with E-state index >= 15 is 0 Å². The Bertz CT molecular complexity index is 626. The Morgan fingerprint density at radius 1 is 1.22 bits per heavy atom. The van der Waals surface area contributed by atoms with Gasteiger partial charge in [0.25, 0.3) is 11.4 Å². The SMILES string of the molecule is NC(=O)CCC1CCN(c2ccc([N+](=O)[O-])cc2[N+](=O)[O-])CC1. The summed E-state index contributed by atoms with van der Waals surface area (Å²) in [5, 5.41) is 22.0. The van der Waals surface area contributed by atoms with Crippen molar-refractivity contribution in [2.45, 2.75) is 25.7 Å². The minimum Gasteiger partial charge on any atom is -0.370 e. The predicted molar refractivity (Wildman–Crippen MR) is 83.1 cm³/mol. The summed E-state index contributed by atoms with van der Waals surface area (Å²) in [4.78, 5) is 33.4. The van der Waals surface area contributed by atoms with Gasteiger partial charge in [0.15, 0.2) is 0 Å². The lowest BCUT2D eigenvalue weighted by Crippen LogP contribution is -2.34. The fourth-order valence-corrected chi connectivity index (χ4v) is 2.85. The maximum Gasteiger partial charge on any atom is 0.299 e. The average molecular weight is 322 g/mol. The first-order valence-electron chi connectivity index (χ1n) is 7.34. The number of primary amides is 1. The smallest absolute Gasteiger partial charge is 0.299 e. The van der Waals surface area contributed by atoms with E-state index < -0.39 is 9.85 Å². The lowest BCUT2D eigenvalue weighted by Gasteiger charge is -2.33. The van der Waals surface area contributed by atoms with E-state index in [1.54, 1.807) is 0 Å². The summed E-state index contributed by atoms with van der Waals surface area (Å²) in [6.07, 6.45) is 2.69. The van der Waals surface area contributed by atoms with Crippen LogP contribution in [0.1, 0.15) is 25.7 Å². The van der Waals surface area contributed by atoms with Crippen LogP contribution < -0.4 is 10.6 Å². The number of nitrogens with zero attached hydrogens (tertiary/aromatic N) is 3. The van der Waals surface area contributed by atoms with Crippen LogP contribution in [0.25, 0.3) is 0 Å². The van der Waals surface area contributed by atoms with Crippen molar-refractivity contribution in [1.29, 1.82) is 0 Å². The second-order valence-corrected chi connectivity index (χ2v) is 5.62. The molecule has 9 heteroatoms. The molecule has 1 aliphatic heterocycles. The van der Waals surface area contributed by atoms with Gasteiger partial charge in [-0.2, -0.15) is 0 Å². The van der Waals surface area contributed by atoms with Crippen molar-refractivity contribution in [2.24, 2.45) is 11.7 Å². The number of nitro benzene ring substituents is 2. The van der Waals surface area contributed by atoms with Crippen molar-refractivity contribution >= 4 is 23.0 Å². The molecule has 23 heavy (non-hydrogen) atoms. The van der Waals surface area contributed by atoms with Crippen LogP contribution in [0.5, 0.6) is 0 Å². The fourth-order valence-electron chi connectivity index (χ4n) is 2.85. The zero-order valence-electron chi connectivity index (χ0n) is 12.5. The highest BCUT2D eigenvalue weighted by Gasteiger charge is 2.27. The van der Waals surface area contributed by atoms with E-state index in [0.717, 1.165) is 25.3 Å². The van der Waals surface area contributed by atoms with E-state index in [4.69, 9.17) is 5.73 Å². The Labute approximate surface area is 132 Å². The maximum atomic E-state index is 11.2. The predicted octanol–water partition coefficient (Wildman–Crippen LogP) is 1.98. The molecule has 0 saturated carbocycles. The molecule has 124 valence electrons. The lowest BCUT2D eigenvalue weighted by atomic mass is 9.91. The number of carbonyl (C=O) groups is 1. The van der Waals surface area contributed by atoms with E-state index in [2.05, 4.69) is 0 Å². The summed E-state index contributed by atoms with van der Waals surface area (Å²) < 4.78 is 0. The van der Waals surface area contributed by atoms with Crippen LogP contribution in [0.15, 0.2) is 18.2 Å². The number of nitrogens with two attached hydrogens (primary N) is 1. The molecule has 2 N–H and O–H groups in total. The topological polar surface area (TPSA) is 133 Å². The number of carbonyl (C=O) groups excluding carboxylic acids is 1. The number of hydrogen-bond donors (Lipinski definition) is 1. The van der Waals surface area contributed by atoms with Crippen LogP contribution in [0.3, 0.4) is 0 Å². The third-order valence-corrected chi connectivity index (χ3v) is 4.12. The summed E-state index contributed by atoms with van der Waals surface area (Å²) in [7, 11) is 0. The minimum absolute atomic E-state index is 0.255. The number of non-ortho nitro benzene ring substituents is 1. The molecule has 1 amide bonds. The van der Waals surface area contributed by atoms with Crippen molar-refractivity contribution in [3.8, 4) is 0 Å². The zero-order valence-corrected chi connectivity index (χ0v) is 12.5. The van der Waals surface area contributed by atoms with Gasteiger partial charge in [0.2, 0.25) is 5.91 Å². The second-order valence-electron chi connectivity index (χ2n) is 5.62. The molecule has 1 aromatic carbocycles. The Balaban J connectivity index is 2.09. The average Bonchev–Trinajstić information content (AvgIpc) is 2.52. The number of benzene rings is 1. The molecule has 0 atom stereocenters. The quantitative estimate of drug-likeness (QED) is 0.629. The van der Waals surface area contributed by atoms with Gasteiger partial charge in [-0.1, -0.05) is 0 Å². The normalized spacial score (nSPS) is 15.4. The van der Waals surface area contributed by atoms with Crippen LogP contribution in [-0.4, -0.2) is 28.8 Å². The van der Waals surface area contributed by atoms with Crippen molar-refractivity contribution in [1.82, 2.24) is 0 Å². The number of anilines is 1. The number of hydrogen-bond acceptors (Lipinski definition) is 6. The number of amides is 1. The lowest BCUT2D eigenvalue weighted by molar-refractivity contribution is -0.393. The van der Waals surface area contributed by atoms with E-state index in [9.17, 15) is 25.0 Å². The second kappa shape index (κ2) is 7.03. The number of nitro groups is 2. The highest BCUT2D eigenvalue weighted by Crippen LogP contribution is 2.34. The van der Waals surface area contributed by atoms with Crippen LogP contribution >= 0.6 is 0 Å². The summed E-state index contributed by atoms with van der Waals surface area (Å²) in [6, 6.07) is 3.70. The molecule has 1 aliphatic rings. The van der Waals surface area contributed by atoms with Crippen LogP contribution in [0, 0.1) is 26.1 Å². The van der Waals surface area contributed by atoms with Crippen LogP contribution in [0.4, 0.5) is 17.1 Å². The van der Waals surface area contributed by atoms with Gasteiger partial charge in [0, 0.05) is 25.6 Å². The monoisotopic (exact) mass is 322 g/mol. The fraction of sp³-hybridized carbons (Fsp3) is 0.500. The van der Waals surface area contributed by atoms with Gasteiger partial charge in [-0.15, -0.1) is 0 Å². The highest BCUT2D eigenvalue weighted by atomic mass is 16.6. The molecule has 0 bridgehead atoms. The van der Waals surface area contributed by atoms with Gasteiger partial charge in [0.05, 0.1) is 15.9 Å². The number of rotatable bonds is 6. The standard InChI is InChI=1S/C14H18N4O5/c15-14(19)4-1-10-5-7-16(8-6-10)12-3-2-11(17(20)21)9-13(12)18(22)23/h2-3,9-10H,1,4-8H2,(H2,15,19). The van der Waals surface area contributed by atoms with Gasteiger partial charge >= 0.3 is 0 Å². The third kappa shape index (κ3) is 4.15. The van der Waals surface area contributed by atoms with E-state index in [1.807, 2.05) is 4.90 Å². The first kappa shape index (κ1) is 16.7. The molecular weight excluding hydrogens is 304 g/mol. The van der Waals surface area contributed by atoms with Crippen molar-refractivity contribution in [3.63, 3.8) is 0 Å². The summed E-state index contributed by atoms with van der Waals surface area (Å²) >= 11 is 0. The Morgan fingerprint density at radius 2 is 1.87 bits per heavy atom. The Morgan fingerprint density at radius 3 is 2.39 bits per heavy atom. The Kier molecular flexibility index (Phi) is 5.09. The van der Waals surface area contributed by atoms with E-state index in [-0.39, 0.29) is 17.3 Å². The van der Waals surface area contributed by atoms with Gasteiger partial charge in [-0.05, 0) is 31.2 Å². The molecular formula is C14H18N4O5. The van der Waals surface area contributed by atoms with Gasteiger partial charge in [0.1, 0.15) is 5.69 Å². The molecule has 2 rings (SSSR count). The number of piperidine rings is 1. The van der Waals surface area contributed by atoms with Crippen molar-refractivity contribution < 1.29 is 14.6 Å². The van der Waals surface area contributed by atoms with Gasteiger partial charge in [-0.25, -0.2) is 0 Å². The maximum absolute atomic E-state index is 11.2. The molecule has 1 saturated heterocycles. The minimum atomic E-state index is -0.646. The molecule has 1 fully saturated rings. The first-order valence-corrected chi connectivity index (χ1v) is 7.34. The van der Waals surface area contributed by atoms with Gasteiger partial charge in [-0.3, -0.25) is 25.0 Å². The molecule has 0 aromatic heterocycles. The third-order valence-electron chi connectivity index (χ3n) is 4.12. The molecule has 0 radical (unpaired) electrons. The molecule has 1 aromatic rings. The zero-order chi connectivity index (χ0) is 17.0. The summed E-state index contributed by atoms with van der Waals surface area (Å²) in [5.41, 5.74) is 4.99. The van der Waals surface area contributed by atoms with Crippen molar-refractivity contribution in [3.05, 3.63) is 38.4 Å². The molecule has 1 heterocycles. The van der Waals surface area contributed by atoms with Crippen LogP contribution in [0.2, 0.25) is 0 Å². The molecule has 0 unspecified atom stereocenters. The molecule has 0 aliphatic carbocycles. The highest BCUT2D eigenvalue weighted by molar-refractivity contribution is 5.73. The first-order chi connectivity index (χ1) is 10.9. The van der Waals surface area contributed by atoms with Crippen molar-refractivity contribution in [2.75, 3.05) is 18.0 Å². The molecule has 0 spiro atoms. The van der Waals surface area contributed by atoms with Crippen LogP contribution in [-0.2, 0) is 4.79 Å². The summed E-state index contributed by atoms with van der Waals surface area (Å²) in [5.74, 6) is 0.0503. The van der Waals surface area contributed by atoms with Gasteiger partial charge < -0.3 is 10.6 Å². The summed E-state index contributed by atoms with van der Waals surface area (Å²) in [6.45, 7) is 1.23. The molecule has 9 nitrogen and oxygen atoms in total. The largest absolute Gasteiger partial charge is 0.370 e. The Hall–Kier alpha value is -2.71. The van der Waals surface area contributed by atoms with E-state index in [0.29, 0.717) is 31.1 Å².